The number of imidazole rings is 1. The molecular weight excluding hydrogens is 270 g/mol. The predicted molar refractivity (Wildman–Crippen MR) is 91.2 cm³/mol. The summed E-state index contributed by atoms with van der Waals surface area (Å²) in [6.45, 7) is 5.89. The van der Waals surface area contributed by atoms with E-state index < -0.39 is 0 Å². The van der Waals surface area contributed by atoms with Gasteiger partial charge in [0.1, 0.15) is 5.82 Å². The third kappa shape index (κ3) is 2.91. The molecule has 1 aromatic carbocycles. The number of likely N-dealkylation sites (tertiary alicyclic amines) is 1. The van der Waals surface area contributed by atoms with Gasteiger partial charge < -0.3 is 9.88 Å². The van der Waals surface area contributed by atoms with E-state index in [1.165, 1.54) is 75.1 Å². The van der Waals surface area contributed by atoms with Crippen molar-refractivity contribution in [2.75, 3.05) is 19.6 Å². The molecule has 2 fully saturated rings. The van der Waals surface area contributed by atoms with Crippen molar-refractivity contribution in [3.63, 3.8) is 0 Å². The molecule has 0 bridgehead atoms. The van der Waals surface area contributed by atoms with E-state index in [0.29, 0.717) is 5.92 Å². The molecule has 118 valence electrons. The minimum Gasteiger partial charge on any atom is -0.342 e. The third-order valence-corrected chi connectivity index (χ3v) is 5.56. The first-order valence-corrected chi connectivity index (χ1v) is 8.96. The molecule has 1 saturated carbocycles. The van der Waals surface area contributed by atoms with Crippen LogP contribution in [-0.2, 0) is 0 Å². The molecule has 22 heavy (non-hydrogen) atoms. The van der Waals surface area contributed by atoms with Crippen LogP contribution < -0.4 is 0 Å². The largest absolute Gasteiger partial charge is 0.342 e. The Morgan fingerprint density at radius 3 is 2.91 bits per heavy atom. The fraction of sp³-hybridized carbons (Fsp3) is 0.632. The minimum absolute atomic E-state index is 0.594. The van der Waals surface area contributed by atoms with E-state index >= 15 is 0 Å². The number of aromatic amines is 1. The van der Waals surface area contributed by atoms with Gasteiger partial charge in [-0.1, -0.05) is 25.3 Å². The van der Waals surface area contributed by atoms with Crippen molar-refractivity contribution in [1.82, 2.24) is 14.9 Å². The number of aryl methyl sites for hydroxylation is 1. The second-order valence-electron chi connectivity index (χ2n) is 7.39. The number of hydrogen-bond donors (Lipinski definition) is 1. The molecule has 1 aliphatic carbocycles. The molecule has 3 nitrogen and oxygen atoms in total. The summed E-state index contributed by atoms with van der Waals surface area (Å²) >= 11 is 0. The first-order chi connectivity index (χ1) is 10.8. The maximum absolute atomic E-state index is 4.83. The number of fused-ring (bicyclic) bond motifs is 1. The lowest BCUT2D eigenvalue weighted by Crippen LogP contribution is -2.28. The van der Waals surface area contributed by atoms with Crippen LogP contribution in [0.4, 0.5) is 0 Å². The molecule has 1 aliphatic heterocycles. The highest BCUT2D eigenvalue weighted by Crippen LogP contribution is 2.30. The molecule has 2 heterocycles. The normalized spacial score (nSPS) is 24.3. The van der Waals surface area contributed by atoms with Crippen molar-refractivity contribution < 1.29 is 0 Å². The standard InChI is InChI=1S/C19H27N3/c1-14-7-8-17-18(11-14)21-19(20-17)16-9-10-22(13-16)12-15-5-3-2-4-6-15/h7-8,11,15-16H,2-6,9-10,12-13H2,1H3,(H,20,21). The molecule has 1 N–H and O–H groups in total. The number of H-pyrrole nitrogens is 1. The second kappa shape index (κ2) is 6.04. The average molecular weight is 297 g/mol. The van der Waals surface area contributed by atoms with Gasteiger partial charge in [-0.2, -0.15) is 0 Å². The monoisotopic (exact) mass is 297 g/mol. The predicted octanol–water partition coefficient (Wildman–Crippen LogP) is 4.24. The first-order valence-electron chi connectivity index (χ1n) is 8.96. The van der Waals surface area contributed by atoms with Gasteiger partial charge in [-0.25, -0.2) is 4.98 Å². The molecule has 2 aromatic rings. The summed E-state index contributed by atoms with van der Waals surface area (Å²) in [5.41, 5.74) is 3.61. The van der Waals surface area contributed by atoms with E-state index in [2.05, 4.69) is 35.0 Å². The van der Waals surface area contributed by atoms with E-state index in [0.717, 1.165) is 11.4 Å². The zero-order valence-electron chi connectivity index (χ0n) is 13.6. The van der Waals surface area contributed by atoms with Crippen LogP contribution in [0.3, 0.4) is 0 Å². The highest BCUT2D eigenvalue weighted by atomic mass is 15.2. The number of rotatable bonds is 3. The van der Waals surface area contributed by atoms with Gasteiger partial charge in [0.05, 0.1) is 11.0 Å². The zero-order chi connectivity index (χ0) is 14.9. The Morgan fingerprint density at radius 1 is 1.18 bits per heavy atom. The van der Waals surface area contributed by atoms with Crippen LogP contribution in [0.5, 0.6) is 0 Å². The van der Waals surface area contributed by atoms with Crippen molar-refractivity contribution in [2.45, 2.75) is 51.4 Å². The Morgan fingerprint density at radius 2 is 2.05 bits per heavy atom. The molecule has 1 atom stereocenters. The molecule has 0 radical (unpaired) electrons. The van der Waals surface area contributed by atoms with Crippen LogP contribution in [0.1, 0.15) is 55.8 Å². The Bertz CT molecular complexity index is 639. The van der Waals surface area contributed by atoms with Gasteiger partial charge in [0, 0.05) is 19.0 Å². The highest BCUT2D eigenvalue weighted by Gasteiger charge is 2.28. The fourth-order valence-corrected chi connectivity index (χ4v) is 4.29. The van der Waals surface area contributed by atoms with E-state index in [4.69, 9.17) is 4.98 Å². The zero-order valence-corrected chi connectivity index (χ0v) is 13.6. The van der Waals surface area contributed by atoms with E-state index in [1.807, 2.05) is 0 Å². The van der Waals surface area contributed by atoms with E-state index in [1.54, 1.807) is 0 Å². The van der Waals surface area contributed by atoms with Gasteiger partial charge >= 0.3 is 0 Å². The third-order valence-electron chi connectivity index (χ3n) is 5.56. The molecule has 1 saturated heterocycles. The number of nitrogens with one attached hydrogen (secondary N) is 1. The molecule has 2 aliphatic rings. The van der Waals surface area contributed by atoms with Gasteiger partial charge in [0.2, 0.25) is 0 Å². The van der Waals surface area contributed by atoms with Crippen molar-refractivity contribution in [2.24, 2.45) is 5.92 Å². The van der Waals surface area contributed by atoms with Crippen LogP contribution in [0.2, 0.25) is 0 Å². The SMILES string of the molecule is Cc1ccc2nc(C3CCN(CC4CCCCC4)C3)[nH]c2c1. The van der Waals surface area contributed by atoms with Gasteiger partial charge in [-0.15, -0.1) is 0 Å². The number of hydrogen-bond acceptors (Lipinski definition) is 2. The van der Waals surface area contributed by atoms with Crippen molar-refractivity contribution in [3.8, 4) is 0 Å². The molecule has 1 aromatic heterocycles. The summed E-state index contributed by atoms with van der Waals surface area (Å²) in [5, 5.41) is 0. The Kier molecular flexibility index (Phi) is 3.91. The van der Waals surface area contributed by atoms with E-state index in [-0.39, 0.29) is 0 Å². The lowest BCUT2D eigenvalue weighted by atomic mass is 9.89. The maximum atomic E-state index is 4.83. The van der Waals surface area contributed by atoms with Gasteiger partial charge in [0.25, 0.3) is 0 Å². The molecule has 0 amide bonds. The van der Waals surface area contributed by atoms with Crippen LogP contribution in [-0.4, -0.2) is 34.5 Å². The molecule has 3 heteroatoms. The smallest absolute Gasteiger partial charge is 0.111 e. The van der Waals surface area contributed by atoms with Crippen molar-refractivity contribution >= 4 is 11.0 Å². The van der Waals surface area contributed by atoms with Crippen LogP contribution in [0, 0.1) is 12.8 Å². The highest BCUT2D eigenvalue weighted by molar-refractivity contribution is 5.75. The summed E-state index contributed by atoms with van der Waals surface area (Å²) in [6, 6.07) is 6.50. The lowest BCUT2D eigenvalue weighted by molar-refractivity contribution is 0.232. The maximum Gasteiger partial charge on any atom is 0.111 e. The second-order valence-corrected chi connectivity index (χ2v) is 7.39. The molecule has 0 spiro atoms. The molecule has 1 unspecified atom stereocenters. The summed E-state index contributed by atoms with van der Waals surface area (Å²) in [6.07, 6.45) is 8.51. The van der Waals surface area contributed by atoms with Gasteiger partial charge in [-0.3, -0.25) is 0 Å². The van der Waals surface area contributed by atoms with Crippen LogP contribution in [0.25, 0.3) is 11.0 Å². The topological polar surface area (TPSA) is 31.9 Å². The Hall–Kier alpha value is -1.35. The number of nitrogens with zero attached hydrogens (tertiary/aromatic N) is 2. The summed E-state index contributed by atoms with van der Waals surface area (Å²) in [5.74, 6) is 2.74. The quantitative estimate of drug-likeness (QED) is 0.919. The van der Waals surface area contributed by atoms with Gasteiger partial charge in [0.15, 0.2) is 0 Å². The summed E-state index contributed by atoms with van der Waals surface area (Å²) in [4.78, 5) is 11.1. The van der Waals surface area contributed by atoms with Gasteiger partial charge in [-0.05, 0) is 56.3 Å². The lowest BCUT2D eigenvalue weighted by Gasteiger charge is -2.26. The summed E-state index contributed by atoms with van der Waals surface area (Å²) in [7, 11) is 0. The molecule has 4 rings (SSSR count). The molecular formula is C19H27N3. The van der Waals surface area contributed by atoms with Crippen molar-refractivity contribution in [1.29, 1.82) is 0 Å². The van der Waals surface area contributed by atoms with E-state index in [9.17, 15) is 0 Å². The minimum atomic E-state index is 0.594. The number of benzene rings is 1. The van der Waals surface area contributed by atoms with Crippen LogP contribution >= 0.6 is 0 Å². The average Bonchev–Trinajstić information content (AvgIpc) is 3.14. The fourth-order valence-electron chi connectivity index (χ4n) is 4.29. The first kappa shape index (κ1) is 14.3. The van der Waals surface area contributed by atoms with Crippen LogP contribution in [0.15, 0.2) is 18.2 Å². The van der Waals surface area contributed by atoms with Crippen molar-refractivity contribution in [3.05, 3.63) is 29.6 Å². The Balaban J connectivity index is 1.42. The number of aromatic nitrogens is 2. The summed E-state index contributed by atoms with van der Waals surface area (Å²) < 4.78 is 0. The Labute approximate surface area is 133 Å².